The summed E-state index contributed by atoms with van der Waals surface area (Å²) >= 11 is 0. The lowest BCUT2D eigenvalue weighted by molar-refractivity contribution is -0.124. The van der Waals surface area contributed by atoms with Gasteiger partial charge < -0.3 is 31.9 Å². The first-order chi connectivity index (χ1) is 51.9. The number of nitrogens with zero attached hydrogens (tertiary/aromatic N) is 3. The van der Waals surface area contributed by atoms with Gasteiger partial charge in [-0.3, -0.25) is 59.4 Å². The van der Waals surface area contributed by atoms with Crippen LogP contribution >= 0.6 is 0 Å². The molecule has 6 amide bonds. The normalized spacial score (nSPS) is 14.6. The van der Waals surface area contributed by atoms with E-state index in [1.165, 1.54) is 34.9 Å². The first-order valence-electron chi connectivity index (χ1n) is 38.0. The van der Waals surface area contributed by atoms with Gasteiger partial charge in [0.2, 0.25) is 17.7 Å². The number of carbonyl (C=O) groups is 9. The molecular formula is C89H112N12O9. The number of hydrogen-bond donors (Lipinski definition) is 9. The molecule has 0 fully saturated rings. The van der Waals surface area contributed by atoms with E-state index >= 15 is 0 Å². The molecule has 7 aromatic carbocycles. The van der Waals surface area contributed by atoms with E-state index < -0.39 is 57.6 Å². The lowest BCUT2D eigenvalue weighted by Crippen LogP contribution is -2.38. The molecule has 0 bridgehead atoms. The molecule has 0 saturated heterocycles. The summed E-state index contributed by atoms with van der Waals surface area (Å²) in [7, 11) is 0. The second kappa shape index (κ2) is 38.7. The second-order valence-electron chi connectivity index (χ2n) is 31.8. The van der Waals surface area contributed by atoms with Crippen LogP contribution in [0.15, 0.2) is 197 Å². The summed E-state index contributed by atoms with van der Waals surface area (Å²) in [5, 5.41) is 29.4. The van der Waals surface area contributed by atoms with Crippen molar-refractivity contribution in [2.45, 2.75) is 181 Å². The quantitative estimate of drug-likeness (QED) is 0.00998. The van der Waals surface area contributed by atoms with Gasteiger partial charge >= 0.3 is 0 Å². The van der Waals surface area contributed by atoms with Crippen LogP contribution in [0.5, 0.6) is 0 Å². The zero-order chi connectivity index (χ0) is 80.8. The SMILES string of the molecule is CCC(C)C(CC(C)C(=O)Nc1ccc(N/N=C(/C(C)=O)C(=O)Nc2cc(NC(=O)/C(=N\Nc3ccc(NC(=O)C(C)C(C)(C)CC(c4ccccc4)C(C)(C)C)cc3)C(C)=O)cc(NC(=O)/C(=N\Nc3ccc(NC(=O)C(C)C(C)(CC)CC(c4ccccc4)C(C)(C)CC)cc3)C(C)=O)c2)cc1)c1ccccc1. The maximum Gasteiger partial charge on any atom is 0.279 e. The summed E-state index contributed by atoms with van der Waals surface area (Å²) < 4.78 is 0. The van der Waals surface area contributed by atoms with E-state index in [9.17, 15) is 43.2 Å². The molecular weight excluding hydrogens is 1380 g/mol. The molecule has 0 aliphatic heterocycles. The maximum absolute atomic E-state index is 14.2. The molecule has 0 spiro atoms. The third-order valence-electron chi connectivity index (χ3n) is 21.8. The molecule has 21 nitrogen and oxygen atoms in total. The minimum Gasteiger partial charge on any atom is -0.326 e. The summed E-state index contributed by atoms with van der Waals surface area (Å²) in [6, 6.07) is 54.6. The minimum atomic E-state index is -1.01. The standard InChI is InChI=1S/C89H112N12O9/c1-19-55(4)74(62-31-25-22-26-32-62)49-56(5)80(105)90-65-37-43-68(44-38-65)96-99-77(59(8)102)83(108)93-71-50-72(94-84(109)78(60(9)103)100-97-69-45-39-66(40-46-69)91-81(106)57(6)88(16,17)53-75(86(11,12)13)63-33-27-23-28-34-63)52-73(51-71)95-85(110)79(61(10)104)101-98-70-47-41-67(42-48-70)92-82(107)58(7)89(18,21-3)54-76(87(14,15)20-2)64-35-29-24-30-36-64/h22-48,50-52,55-58,74-76,96-98H,19-21,49,53-54H2,1-18H3,(H,90,105)(H,91,106)(H,92,107)(H,93,108)(H,94,109)(H,95,110)/b99-77-,100-78-,101-79-. The van der Waals surface area contributed by atoms with Crippen molar-refractivity contribution in [3.05, 3.63) is 199 Å². The number of nitrogens with one attached hydrogen (secondary N) is 9. The predicted molar refractivity (Wildman–Crippen MR) is 447 cm³/mol. The number of rotatable bonds is 37. The Kier molecular flexibility index (Phi) is 30.3. The highest BCUT2D eigenvalue weighted by Gasteiger charge is 2.42. The fraction of sp³-hybridized carbons (Fsp3) is 0.393. The van der Waals surface area contributed by atoms with Gasteiger partial charge in [0.25, 0.3) is 17.7 Å². The van der Waals surface area contributed by atoms with Gasteiger partial charge in [-0.2, -0.15) is 15.3 Å². The van der Waals surface area contributed by atoms with Crippen LogP contribution in [0.25, 0.3) is 0 Å². The van der Waals surface area contributed by atoms with Crippen LogP contribution < -0.4 is 48.2 Å². The van der Waals surface area contributed by atoms with Crippen LogP contribution in [0.3, 0.4) is 0 Å². The lowest BCUT2D eigenvalue weighted by atomic mass is 9.62. The Bertz CT molecular complexity index is 4460. The van der Waals surface area contributed by atoms with Gasteiger partial charge in [-0.25, -0.2) is 0 Å². The van der Waals surface area contributed by atoms with Crippen LogP contribution in [0.1, 0.15) is 198 Å². The Morgan fingerprint density at radius 2 is 0.682 bits per heavy atom. The largest absolute Gasteiger partial charge is 0.326 e. The topological polar surface area (TPSA) is 299 Å². The van der Waals surface area contributed by atoms with Crippen LogP contribution in [-0.4, -0.2) is 69.9 Å². The number of hydrogen-bond acceptors (Lipinski definition) is 15. The molecule has 21 heteroatoms. The van der Waals surface area contributed by atoms with E-state index in [0.717, 1.165) is 52.9 Å². The molecule has 0 heterocycles. The lowest BCUT2D eigenvalue weighted by Gasteiger charge is -2.43. The number of hydrazone groups is 3. The van der Waals surface area contributed by atoms with E-state index in [1.54, 1.807) is 72.8 Å². The van der Waals surface area contributed by atoms with Gasteiger partial charge in [0.05, 0.1) is 17.1 Å². The fourth-order valence-corrected chi connectivity index (χ4v) is 13.3. The molecule has 8 unspecified atom stereocenters. The Morgan fingerprint density at radius 3 is 1.01 bits per heavy atom. The molecule has 9 N–H and O–H groups in total. The highest BCUT2D eigenvalue weighted by atomic mass is 16.2. The number of Topliss-reactive ketones (excluding diaryl/α,β-unsaturated/α-hetero) is 3. The Balaban J connectivity index is 1.08. The zero-order valence-corrected chi connectivity index (χ0v) is 67.1. The fourth-order valence-electron chi connectivity index (χ4n) is 13.3. The monoisotopic (exact) mass is 1490 g/mol. The number of ketones is 3. The van der Waals surface area contributed by atoms with E-state index in [2.05, 4.69) is 195 Å². The molecule has 8 atom stereocenters. The molecule has 0 aliphatic carbocycles. The van der Waals surface area contributed by atoms with Crippen LogP contribution in [0.4, 0.5) is 51.2 Å². The Labute approximate surface area is 649 Å². The number of anilines is 9. The molecule has 0 aromatic heterocycles. The van der Waals surface area contributed by atoms with Gasteiger partial charge in [-0.05, 0) is 179 Å². The summed E-state index contributed by atoms with van der Waals surface area (Å²) in [5.41, 5.74) is 11.7. The third kappa shape index (κ3) is 24.1. The van der Waals surface area contributed by atoms with Crippen molar-refractivity contribution in [3.63, 3.8) is 0 Å². The average molecular weight is 1490 g/mol. The molecule has 0 aliphatic rings. The van der Waals surface area contributed by atoms with Crippen molar-refractivity contribution in [1.29, 1.82) is 0 Å². The van der Waals surface area contributed by atoms with Gasteiger partial charge in [-0.1, -0.05) is 208 Å². The van der Waals surface area contributed by atoms with Crippen molar-refractivity contribution in [3.8, 4) is 0 Å². The van der Waals surface area contributed by atoms with Gasteiger partial charge in [0.15, 0.2) is 34.5 Å². The first kappa shape index (κ1) is 86.0. The smallest absolute Gasteiger partial charge is 0.279 e. The number of benzene rings is 7. The summed E-state index contributed by atoms with van der Waals surface area (Å²) in [6.07, 6.45) is 4.92. The zero-order valence-electron chi connectivity index (χ0n) is 67.1. The summed E-state index contributed by atoms with van der Waals surface area (Å²) in [6.45, 7) is 35.5. The van der Waals surface area contributed by atoms with Crippen molar-refractivity contribution in [2.24, 2.45) is 60.6 Å². The molecule has 7 rings (SSSR count). The van der Waals surface area contributed by atoms with E-state index in [1.807, 2.05) is 63.2 Å². The van der Waals surface area contributed by atoms with E-state index in [0.29, 0.717) is 46.5 Å². The third-order valence-corrected chi connectivity index (χ3v) is 21.8. The van der Waals surface area contributed by atoms with Crippen molar-refractivity contribution in [2.75, 3.05) is 48.2 Å². The maximum atomic E-state index is 14.2. The molecule has 0 saturated carbocycles. The van der Waals surface area contributed by atoms with Crippen LogP contribution in [0, 0.1) is 45.3 Å². The Morgan fingerprint density at radius 1 is 0.355 bits per heavy atom. The van der Waals surface area contributed by atoms with Crippen molar-refractivity contribution < 1.29 is 43.2 Å². The van der Waals surface area contributed by atoms with Gasteiger partial charge in [-0.15, -0.1) is 0 Å². The molecule has 582 valence electrons. The second-order valence-corrected chi connectivity index (χ2v) is 31.8. The van der Waals surface area contributed by atoms with Crippen molar-refractivity contribution in [1.82, 2.24) is 0 Å². The summed E-state index contributed by atoms with van der Waals surface area (Å²) in [4.78, 5) is 124. The van der Waals surface area contributed by atoms with Gasteiger partial charge in [0.1, 0.15) is 0 Å². The molecule has 110 heavy (non-hydrogen) atoms. The average Bonchev–Trinajstić information content (AvgIpc) is 0.800. The van der Waals surface area contributed by atoms with Gasteiger partial charge in [0, 0.05) is 72.6 Å². The van der Waals surface area contributed by atoms with E-state index in [4.69, 9.17) is 0 Å². The number of amides is 6. The van der Waals surface area contributed by atoms with Crippen molar-refractivity contribution >= 4 is 121 Å². The minimum absolute atomic E-state index is 0.0199. The Hall–Kier alpha value is -11.2. The predicted octanol–water partition coefficient (Wildman–Crippen LogP) is 18.9. The highest BCUT2D eigenvalue weighted by Crippen LogP contribution is 2.50. The summed E-state index contributed by atoms with van der Waals surface area (Å²) in [5.74, 6) is -5.85. The highest BCUT2D eigenvalue weighted by molar-refractivity contribution is 6.68. The number of carbonyl (C=O) groups excluding carboxylic acids is 9. The molecule has 0 radical (unpaired) electrons. The first-order valence-corrected chi connectivity index (χ1v) is 38.0. The molecule has 7 aromatic rings. The van der Waals surface area contributed by atoms with E-state index in [-0.39, 0.29) is 86.5 Å². The van der Waals surface area contributed by atoms with Crippen LogP contribution in [0.2, 0.25) is 0 Å². The van der Waals surface area contributed by atoms with Crippen LogP contribution in [-0.2, 0) is 43.2 Å².